The molecule has 2 aromatic carbocycles. The van der Waals surface area contributed by atoms with Gasteiger partial charge in [-0.25, -0.2) is 4.79 Å². The molecule has 4 heteroatoms. The first kappa shape index (κ1) is 13.9. The zero-order valence-electron chi connectivity index (χ0n) is 10.5. The second-order valence-electron chi connectivity index (χ2n) is 4.15. The molecule has 0 aliphatic heterocycles. The van der Waals surface area contributed by atoms with Gasteiger partial charge in [0.05, 0.1) is 0 Å². The third-order valence-corrected chi connectivity index (χ3v) is 3.32. The van der Waals surface area contributed by atoms with Gasteiger partial charge in [0.25, 0.3) is 0 Å². The molecule has 98 valence electrons. The van der Waals surface area contributed by atoms with Crippen LogP contribution in [0.5, 0.6) is 0 Å². The van der Waals surface area contributed by atoms with E-state index in [2.05, 4.69) is 27.9 Å². The number of benzene rings is 2. The van der Waals surface area contributed by atoms with Gasteiger partial charge in [-0.1, -0.05) is 36.4 Å². The van der Waals surface area contributed by atoms with Crippen LogP contribution in [0, 0.1) is 10.5 Å². The Morgan fingerprint density at radius 2 is 1.95 bits per heavy atom. The Morgan fingerprint density at radius 1 is 1.21 bits per heavy atom. The Bertz CT molecular complexity index is 570. The Balaban J connectivity index is 1.93. The number of ether oxygens (including phenoxy) is 1. The van der Waals surface area contributed by atoms with Gasteiger partial charge >= 0.3 is 6.09 Å². The van der Waals surface area contributed by atoms with Crippen molar-refractivity contribution in [1.29, 1.82) is 0 Å². The van der Waals surface area contributed by atoms with E-state index in [-0.39, 0.29) is 6.61 Å². The molecule has 0 unspecified atom stereocenters. The first-order chi connectivity index (χ1) is 9.15. The molecule has 0 bridgehead atoms. The van der Waals surface area contributed by atoms with Crippen molar-refractivity contribution < 1.29 is 9.53 Å². The SMILES string of the molecule is Cc1ccc(I)cc1NC(=O)OCc1ccccc1. The second-order valence-corrected chi connectivity index (χ2v) is 5.39. The minimum absolute atomic E-state index is 0.273. The minimum Gasteiger partial charge on any atom is -0.444 e. The monoisotopic (exact) mass is 367 g/mol. The topological polar surface area (TPSA) is 38.3 Å². The van der Waals surface area contributed by atoms with Gasteiger partial charge in [-0.3, -0.25) is 5.32 Å². The number of hydrogen-bond donors (Lipinski definition) is 1. The summed E-state index contributed by atoms with van der Waals surface area (Å²) in [5.74, 6) is 0. The number of nitrogens with one attached hydrogen (secondary N) is 1. The molecule has 1 amide bonds. The van der Waals surface area contributed by atoms with Crippen molar-refractivity contribution in [2.45, 2.75) is 13.5 Å². The van der Waals surface area contributed by atoms with E-state index in [0.717, 1.165) is 20.4 Å². The third-order valence-electron chi connectivity index (χ3n) is 2.65. The lowest BCUT2D eigenvalue weighted by atomic mass is 10.2. The molecule has 0 saturated heterocycles. The van der Waals surface area contributed by atoms with Crippen molar-refractivity contribution in [2.75, 3.05) is 5.32 Å². The summed E-state index contributed by atoms with van der Waals surface area (Å²) in [6.45, 7) is 2.22. The highest BCUT2D eigenvalue weighted by atomic mass is 127. The van der Waals surface area contributed by atoms with Gasteiger partial charge in [0.2, 0.25) is 0 Å². The van der Waals surface area contributed by atoms with E-state index in [1.807, 2.05) is 55.5 Å². The number of halogens is 1. The number of hydrogen-bond acceptors (Lipinski definition) is 2. The molecule has 19 heavy (non-hydrogen) atoms. The quantitative estimate of drug-likeness (QED) is 0.820. The van der Waals surface area contributed by atoms with Crippen LogP contribution in [0.2, 0.25) is 0 Å². The maximum absolute atomic E-state index is 11.7. The fourth-order valence-corrected chi connectivity index (χ4v) is 2.09. The van der Waals surface area contributed by atoms with Gasteiger partial charge in [0.1, 0.15) is 6.61 Å². The maximum Gasteiger partial charge on any atom is 0.411 e. The van der Waals surface area contributed by atoms with E-state index in [1.54, 1.807) is 0 Å². The molecule has 0 fully saturated rings. The van der Waals surface area contributed by atoms with Crippen molar-refractivity contribution in [2.24, 2.45) is 0 Å². The van der Waals surface area contributed by atoms with Crippen LogP contribution in [0.1, 0.15) is 11.1 Å². The van der Waals surface area contributed by atoms with Gasteiger partial charge in [-0.05, 0) is 52.8 Å². The molecule has 0 heterocycles. The average molecular weight is 367 g/mol. The number of carbonyl (C=O) groups is 1. The van der Waals surface area contributed by atoms with Crippen LogP contribution in [0.4, 0.5) is 10.5 Å². The van der Waals surface area contributed by atoms with E-state index >= 15 is 0 Å². The summed E-state index contributed by atoms with van der Waals surface area (Å²) in [6.07, 6.45) is -0.436. The maximum atomic E-state index is 11.7. The van der Waals surface area contributed by atoms with Crippen molar-refractivity contribution in [3.05, 3.63) is 63.2 Å². The van der Waals surface area contributed by atoms with Gasteiger partial charge < -0.3 is 4.74 Å². The molecule has 0 aliphatic rings. The van der Waals surface area contributed by atoms with Crippen LogP contribution in [0.25, 0.3) is 0 Å². The summed E-state index contributed by atoms with van der Waals surface area (Å²) < 4.78 is 6.25. The van der Waals surface area contributed by atoms with Crippen LogP contribution in [0.15, 0.2) is 48.5 Å². The number of carbonyl (C=O) groups excluding carboxylic acids is 1. The van der Waals surface area contributed by atoms with Crippen molar-refractivity contribution in [3.63, 3.8) is 0 Å². The Hall–Kier alpha value is -1.56. The third kappa shape index (κ3) is 4.24. The zero-order valence-corrected chi connectivity index (χ0v) is 12.7. The van der Waals surface area contributed by atoms with E-state index in [9.17, 15) is 4.79 Å². The molecule has 0 radical (unpaired) electrons. The van der Waals surface area contributed by atoms with Crippen molar-refractivity contribution in [1.82, 2.24) is 0 Å². The highest BCUT2D eigenvalue weighted by Gasteiger charge is 2.06. The fourth-order valence-electron chi connectivity index (χ4n) is 1.60. The van der Waals surface area contributed by atoms with Gasteiger partial charge in [0.15, 0.2) is 0 Å². The standard InChI is InChI=1S/C15H14INO2/c1-11-7-8-13(16)9-14(11)17-15(18)19-10-12-5-3-2-4-6-12/h2-9H,10H2,1H3,(H,17,18). The number of anilines is 1. The van der Waals surface area contributed by atoms with E-state index in [4.69, 9.17) is 4.74 Å². The molecule has 0 aromatic heterocycles. The van der Waals surface area contributed by atoms with Crippen molar-refractivity contribution >= 4 is 34.4 Å². The summed E-state index contributed by atoms with van der Waals surface area (Å²) in [6, 6.07) is 15.5. The summed E-state index contributed by atoms with van der Waals surface area (Å²) in [5, 5.41) is 2.76. The van der Waals surface area contributed by atoms with Gasteiger partial charge in [-0.15, -0.1) is 0 Å². The van der Waals surface area contributed by atoms with Gasteiger partial charge in [0, 0.05) is 9.26 Å². The smallest absolute Gasteiger partial charge is 0.411 e. The van der Waals surface area contributed by atoms with E-state index < -0.39 is 6.09 Å². The second kappa shape index (κ2) is 6.56. The first-order valence-electron chi connectivity index (χ1n) is 5.89. The summed E-state index contributed by atoms with van der Waals surface area (Å²) >= 11 is 2.21. The zero-order chi connectivity index (χ0) is 13.7. The largest absolute Gasteiger partial charge is 0.444 e. The molecule has 0 saturated carbocycles. The van der Waals surface area contributed by atoms with Crippen molar-refractivity contribution in [3.8, 4) is 0 Å². The lowest BCUT2D eigenvalue weighted by molar-refractivity contribution is 0.155. The normalized spacial score (nSPS) is 10.0. The van der Waals surface area contributed by atoms with Gasteiger partial charge in [-0.2, -0.15) is 0 Å². The molecule has 1 N–H and O–H groups in total. The molecule has 0 aliphatic carbocycles. The lowest BCUT2D eigenvalue weighted by Crippen LogP contribution is -2.14. The number of rotatable bonds is 3. The molecular formula is C15H14INO2. The minimum atomic E-state index is -0.436. The predicted molar refractivity (Wildman–Crippen MR) is 84.1 cm³/mol. The lowest BCUT2D eigenvalue weighted by Gasteiger charge is -2.09. The van der Waals surface area contributed by atoms with Crippen LogP contribution in [0.3, 0.4) is 0 Å². The molecular weight excluding hydrogens is 353 g/mol. The van der Waals surface area contributed by atoms with Crippen LogP contribution >= 0.6 is 22.6 Å². The van der Waals surface area contributed by atoms with Crippen LogP contribution < -0.4 is 5.32 Å². The summed E-state index contributed by atoms with van der Waals surface area (Å²) in [4.78, 5) is 11.7. The number of amides is 1. The highest BCUT2D eigenvalue weighted by Crippen LogP contribution is 2.18. The van der Waals surface area contributed by atoms with E-state index in [1.165, 1.54) is 0 Å². The first-order valence-corrected chi connectivity index (χ1v) is 6.97. The molecule has 3 nitrogen and oxygen atoms in total. The average Bonchev–Trinajstić information content (AvgIpc) is 2.42. The summed E-state index contributed by atoms with van der Waals surface area (Å²) in [7, 11) is 0. The Labute approximate surface area is 126 Å². The fraction of sp³-hybridized carbons (Fsp3) is 0.133. The summed E-state index contributed by atoms with van der Waals surface area (Å²) in [5.41, 5.74) is 2.76. The Morgan fingerprint density at radius 3 is 2.68 bits per heavy atom. The van der Waals surface area contributed by atoms with Crippen LogP contribution in [-0.4, -0.2) is 6.09 Å². The predicted octanol–water partition coefficient (Wildman–Crippen LogP) is 4.35. The Kier molecular flexibility index (Phi) is 4.79. The molecule has 0 spiro atoms. The van der Waals surface area contributed by atoms with Crippen LogP contribution in [-0.2, 0) is 11.3 Å². The van der Waals surface area contributed by atoms with E-state index in [0.29, 0.717) is 0 Å². The highest BCUT2D eigenvalue weighted by molar-refractivity contribution is 14.1. The molecule has 2 aromatic rings. The molecule has 2 rings (SSSR count). The number of aryl methyl sites for hydroxylation is 1. The molecule has 0 atom stereocenters.